The molecule has 1 unspecified atom stereocenters. The van der Waals surface area contributed by atoms with Crippen LogP contribution < -0.4 is 10.1 Å². The predicted molar refractivity (Wildman–Crippen MR) is 150 cm³/mol. The van der Waals surface area contributed by atoms with Crippen LogP contribution in [0.5, 0.6) is 5.75 Å². The maximum absolute atomic E-state index is 13.7. The van der Waals surface area contributed by atoms with Crippen molar-refractivity contribution in [3.05, 3.63) is 99.0 Å². The Morgan fingerprint density at radius 3 is 2.24 bits per heavy atom. The maximum Gasteiger partial charge on any atom is 0.261 e. The SMILES string of the molecule is Cc1ccc(OCC(=O)N(Cc2ccc(Cl)c(Cl)c2)C(Cc2ccccc2)C(=O)NC(C)(C)C)c(C)c1. The normalized spacial score (nSPS) is 12.1. The minimum Gasteiger partial charge on any atom is -0.483 e. The Balaban J connectivity index is 1.96. The van der Waals surface area contributed by atoms with Crippen molar-refractivity contribution in [3.63, 3.8) is 0 Å². The highest BCUT2D eigenvalue weighted by atomic mass is 35.5. The lowest BCUT2D eigenvalue weighted by atomic mass is 10.0. The second kappa shape index (κ2) is 12.5. The van der Waals surface area contributed by atoms with Gasteiger partial charge in [0.2, 0.25) is 5.91 Å². The molecule has 0 radical (unpaired) electrons. The summed E-state index contributed by atoms with van der Waals surface area (Å²) >= 11 is 12.4. The highest BCUT2D eigenvalue weighted by Crippen LogP contribution is 2.25. The van der Waals surface area contributed by atoms with Crippen molar-refractivity contribution in [2.24, 2.45) is 0 Å². The summed E-state index contributed by atoms with van der Waals surface area (Å²) in [6.07, 6.45) is 0.347. The number of hydrogen-bond acceptors (Lipinski definition) is 3. The zero-order valence-corrected chi connectivity index (χ0v) is 23.5. The number of nitrogens with one attached hydrogen (secondary N) is 1. The van der Waals surface area contributed by atoms with Crippen LogP contribution in [0.4, 0.5) is 0 Å². The van der Waals surface area contributed by atoms with E-state index in [1.165, 1.54) is 0 Å². The minimum atomic E-state index is -0.772. The fourth-order valence-corrected chi connectivity index (χ4v) is 4.35. The number of halogens is 2. The fourth-order valence-electron chi connectivity index (χ4n) is 4.03. The molecule has 1 atom stereocenters. The molecule has 5 nitrogen and oxygen atoms in total. The topological polar surface area (TPSA) is 58.6 Å². The van der Waals surface area contributed by atoms with Gasteiger partial charge in [-0.1, -0.05) is 77.3 Å². The summed E-state index contributed by atoms with van der Waals surface area (Å²) in [6.45, 7) is 9.65. The third kappa shape index (κ3) is 8.51. The van der Waals surface area contributed by atoms with Crippen LogP contribution in [-0.4, -0.2) is 34.9 Å². The largest absolute Gasteiger partial charge is 0.483 e. The molecule has 3 aromatic rings. The molecular weight excluding hydrogens is 507 g/mol. The van der Waals surface area contributed by atoms with Gasteiger partial charge in [-0.05, 0) is 69.5 Å². The molecule has 0 aliphatic heterocycles. The Labute approximate surface area is 229 Å². The molecule has 2 amide bonds. The Hall–Kier alpha value is -3.02. The van der Waals surface area contributed by atoms with E-state index in [1.54, 1.807) is 23.1 Å². The van der Waals surface area contributed by atoms with Gasteiger partial charge in [-0.3, -0.25) is 9.59 Å². The molecule has 0 aliphatic carbocycles. The van der Waals surface area contributed by atoms with Gasteiger partial charge in [-0.2, -0.15) is 0 Å². The molecule has 3 rings (SSSR count). The lowest BCUT2D eigenvalue weighted by molar-refractivity contribution is -0.143. The Kier molecular flexibility index (Phi) is 9.63. The summed E-state index contributed by atoms with van der Waals surface area (Å²) in [7, 11) is 0. The van der Waals surface area contributed by atoms with Crippen molar-refractivity contribution < 1.29 is 14.3 Å². The number of aryl methyl sites for hydroxylation is 2. The third-order valence-electron chi connectivity index (χ3n) is 5.79. The van der Waals surface area contributed by atoms with Gasteiger partial charge in [0.25, 0.3) is 5.91 Å². The Morgan fingerprint density at radius 2 is 1.62 bits per heavy atom. The highest BCUT2D eigenvalue weighted by Gasteiger charge is 2.32. The second-order valence-corrected chi connectivity index (χ2v) is 11.1. The summed E-state index contributed by atoms with van der Waals surface area (Å²) < 4.78 is 5.93. The first-order valence-electron chi connectivity index (χ1n) is 12.2. The van der Waals surface area contributed by atoms with Crippen LogP contribution in [-0.2, 0) is 22.6 Å². The van der Waals surface area contributed by atoms with Crippen molar-refractivity contribution >= 4 is 35.0 Å². The molecule has 0 spiro atoms. The standard InChI is InChI=1S/C30H34Cl2N2O3/c1-20-11-14-27(21(2)15-20)37-19-28(35)34(18-23-12-13-24(31)25(32)16-23)26(29(36)33-30(3,4)5)17-22-9-7-6-8-10-22/h6-16,26H,17-19H2,1-5H3,(H,33,36). The smallest absolute Gasteiger partial charge is 0.261 e. The average Bonchev–Trinajstić information content (AvgIpc) is 2.82. The van der Waals surface area contributed by atoms with E-state index in [9.17, 15) is 9.59 Å². The van der Waals surface area contributed by atoms with E-state index in [1.807, 2.05) is 83.1 Å². The van der Waals surface area contributed by atoms with Crippen LogP contribution in [0.2, 0.25) is 10.0 Å². The molecule has 1 N–H and O–H groups in total. The number of carbonyl (C=O) groups is 2. The molecule has 0 bridgehead atoms. The molecule has 7 heteroatoms. The molecule has 0 heterocycles. The van der Waals surface area contributed by atoms with Crippen molar-refractivity contribution in [3.8, 4) is 5.75 Å². The van der Waals surface area contributed by atoms with Gasteiger partial charge in [0.15, 0.2) is 6.61 Å². The molecule has 0 aromatic heterocycles. The second-order valence-electron chi connectivity index (χ2n) is 10.3. The summed E-state index contributed by atoms with van der Waals surface area (Å²) in [5.41, 5.74) is 3.28. The lowest BCUT2D eigenvalue weighted by Crippen LogP contribution is -2.55. The van der Waals surface area contributed by atoms with Gasteiger partial charge >= 0.3 is 0 Å². The van der Waals surface area contributed by atoms with E-state index < -0.39 is 11.6 Å². The molecule has 196 valence electrons. The van der Waals surface area contributed by atoms with E-state index >= 15 is 0 Å². The number of benzene rings is 3. The zero-order valence-electron chi connectivity index (χ0n) is 22.0. The fraction of sp³-hybridized carbons (Fsp3) is 0.333. The summed E-state index contributed by atoms with van der Waals surface area (Å²) in [4.78, 5) is 28.9. The first-order chi connectivity index (χ1) is 17.4. The van der Waals surface area contributed by atoms with Crippen LogP contribution in [0, 0.1) is 13.8 Å². The van der Waals surface area contributed by atoms with E-state index in [-0.39, 0.29) is 25.0 Å². The van der Waals surface area contributed by atoms with Crippen molar-refractivity contribution in [2.75, 3.05) is 6.61 Å². The summed E-state index contributed by atoms with van der Waals surface area (Å²) in [6, 6.07) is 19.9. The number of nitrogens with zero attached hydrogens (tertiary/aromatic N) is 1. The predicted octanol–water partition coefficient (Wildman–Crippen LogP) is 6.54. The molecular formula is C30H34Cl2N2O3. The number of ether oxygens (including phenoxy) is 1. The Morgan fingerprint density at radius 1 is 0.919 bits per heavy atom. The lowest BCUT2D eigenvalue weighted by Gasteiger charge is -2.34. The van der Waals surface area contributed by atoms with E-state index in [0.29, 0.717) is 22.2 Å². The quantitative estimate of drug-likeness (QED) is 0.335. The average molecular weight is 542 g/mol. The van der Waals surface area contributed by atoms with Crippen LogP contribution in [0.1, 0.15) is 43.0 Å². The van der Waals surface area contributed by atoms with Gasteiger partial charge < -0.3 is 15.0 Å². The van der Waals surface area contributed by atoms with Gasteiger partial charge in [-0.25, -0.2) is 0 Å². The molecule has 0 saturated heterocycles. The first kappa shape index (κ1) is 28.5. The van der Waals surface area contributed by atoms with Crippen molar-refractivity contribution in [1.29, 1.82) is 0 Å². The maximum atomic E-state index is 13.7. The van der Waals surface area contributed by atoms with E-state index in [0.717, 1.165) is 22.3 Å². The minimum absolute atomic E-state index is 0.168. The summed E-state index contributed by atoms with van der Waals surface area (Å²) in [5.74, 6) is 0.0829. The number of rotatable bonds is 9. The monoisotopic (exact) mass is 540 g/mol. The molecule has 0 aliphatic rings. The third-order valence-corrected chi connectivity index (χ3v) is 6.53. The number of hydrogen-bond donors (Lipinski definition) is 1. The van der Waals surface area contributed by atoms with Crippen LogP contribution in [0.3, 0.4) is 0 Å². The van der Waals surface area contributed by atoms with Gasteiger partial charge in [0, 0.05) is 18.5 Å². The van der Waals surface area contributed by atoms with E-state index in [4.69, 9.17) is 27.9 Å². The van der Waals surface area contributed by atoms with Crippen molar-refractivity contribution in [2.45, 2.75) is 59.2 Å². The summed E-state index contributed by atoms with van der Waals surface area (Å²) in [5, 5.41) is 3.86. The highest BCUT2D eigenvalue weighted by molar-refractivity contribution is 6.42. The molecule has 37 heavy (non-hydrogen) atoms. The molecule has 0 fully saturated rings. The van der Waals surface area contributed by atoms with Gasteiger partial charge in [-0.15, -0.1) is 0 Å². The van der Waals surface area contributed by atoms with Crippen LogP contribution >= 0.6 is 23.2 Å². The number of carbonyl (C=O) groups excluding carboxylic acids is 2. The first-order valence-corrected chi connectivity index (χ1v) is 13.0. The molecule has 0 saturated carbocycles. The van der Waals surface area contributed by atoms with Crippen molar-refractivity contribution in [1.82, 2.24) is 10.2 Å². The van der Waals surface area contributed by atoms with E-state index in [2.05, 4.69) is 5.32 Å². The van der Waals surface area contributed by atoms with Gasteiger partial charge in [0.1, 0.15) is 11.8 Å². The Bertz CT molecular complexity index is 1240. The number of amides is 2. The van der Waals surface area contributed by atoms with Gasteiger partial charge in [0.05, 0.1) is 10.0 Å². The van der Waals surface area contributed by atoms with Crippen LogP contribution in [0.15, 0.2) is 66.7 Å². The van der Waals surface area contributed by atoms with Crippen LogP contribution in [0.25, 0.3) is 0 Å². The zero-order chi connectivity index (χ0) is 27.2. The molecule has 3 aromatic carbocycles.